The van der Waals surface area contributed by atoms with E-state index in [2.05, 4.69) is 9.88 Å². The molecule has 0 aliphatic heterocycles. The largest absolute Gasteiger partial charge is 0.454 e. The molecule has 154 valence electrons. The van der Waals surface area contributed by atoms with E-state index in [1.165, 1.54) is 24.3 Å². The van der Waals surface area contributed by atoms with Crippen LogP contribution in [-0.4, -0.2) is 29.0 Å². The number of carbonyl (C=O) groups excluding carboxylic acids is 3. The molecule has 7 heteroatoms. The number of benzene rings is 2. The highest BCUT2D eigenvalue weighted by atomic mass is 16.5. The first kappa shape index (κ1) is 20.9. The van der Waals surface area contributed by atoms with E-state index in [0.717, 1.165) is 17.0 Å². The van der Waals surface area contributed by atoms with Crippen LogP contribution in [-0.2, 0) is 11.3 Å². The third-order valence-electron chi connectivity index (χ3n) is 4.78. The molecule has 0 radical (unpaired) electrons. The Hall–Kier alpha value is -3.87. The number of aryl methyl sites for hydroxylation is 1. The van der Waals surface area contributed by atoms with Crippen molar-refractivity contribution in [3.05, 3.63) is 88.7 Å². The number of nitrogens with two attached hydrogens (primary N) is 1. The van der Waals surface area contributed by atoms with Crippen LogP contribution in [0, 0.1) is 13.8 Å². The first-order valence-corrected chi connectivity index (χ1v) is 9.42. The summed E-state index contributed by atoms with van der Waals surface area (Å²) in [6, 6.07) is 17.1. The van der Waals surface area contributed by atoms with Crippen molar-refractivity contribution in [2.45, 2.75) is 20.4 Å². The minimum absolute atomic E-state index is 0.261. The Balaban J connectivity index is 1.64. The lowest BCUT2D eigenvalue weighted by atomic mass is 10.1. The summed E-state index contributed by atoms with van der Waals surface area (Å²) in [6.07, 6.45) is 0. The quantitative estimate of drug-likeness (QED) is 0.462. The molecule has 0 saturated carbocycles. The second kappa shape index (κ2) is 9.09. The number of ketones is 1. The zero-order valence-electron chi connectivity index (χ0n) is 16.8. The van der Waals surface area contributed by atoms with Gasteiger partial charge in [-0.05, 0) is 49.7 Å². The topological polar surface area (TPSA) is 103 Å². The molecule has 0 spiro atoms. The first-order valence-electron chi connectivity index (χ1n) is 9.42. The average Bonchev–Trinajstić information content (AvgIpc) is 3.01. The Kier molecular flexibility index (Phi) is 6.32. The average molecular weight is 405 g/mol. The predicted molar refractivity (Wildman–Crippen MR) is 114 cm³/mol. The highest BCUT2D eigenvalue weighted by Crippen LogP contribution is 2.18. The summed E-state index contributed by atoms with van der Waals surface area (Å²) in [6.45, 7) is 4.14. The van der Waals surface area contributed by atoms with Crippen LogP contribution in [0.1, 0.15) is 37.7 Å². The maximum Gasteiger partial charge on any atom is 0.338 e. The summed E-state index contributed by atoms with van der Waals surface area (Å²) in [5, 5.41) is 2.40. The Bertz CT molecular complexity index is 1070. The highest BCUT2D eigenvalue weighted by Gasteiger charge is 2.18. The van der Waals surface area contributed by atoms with Crippen LogP contribution in [0.25, 0.3) is 0 Å². The van der Waals surface area contributed by atoms with Crippen LogP contribution in [0.3, 0.4) is 0 Å². The lowest BCUT2D eigenvalue weighted by Crippen LogP contribution is -2.19. The van der Waals surface area contributed by atoms with Gasteiger partial charge >= 0.3 is 12.0 Å². The van der Waals surface area contributed by atoms with E-state index >= 15 is 0 Å². The van der Waals surface area contributed by atoms with Crippen molar-refractivity contribution in [1.82, 2.24) is 4.57 Å². The zero-order chi connectivity index (χ0) is 21.7. The van der Waals surface area contributed by atoms with E-state index in [1.54, 1.807) is 0 Å². The highest BCUT2D eigenvalue weighted by molar-refractivity contribution is 6.00. The molecule has 3 aromatic rings. The maximum atomic E-state index is 12.6. The molecule has 3 N–H and O–H groups in total. The molecule has 1 heterocycles. The van der Waals surface area contributed by atoms with E-state index in [1.807, 2.05) is 50.2 Å². The fraction of sp³-hybridized carbons (Fsp3) is 0.174. The lowest BCUT2D eigenvalue weighted by Gasteiger charge is -2.10. The monoisotopic (exact) mass is 405 g/mol. The van der Waals surface area contributed by atoms with E-state index < -0.39 is 12.0 Å². The molecule has 0 bridgehead atoms. The molecule has 0 saturated heterocycles. The Morgan fingerprint density at radius 1 is 1.00 bits per heavy atom. The number of anilines is 1. The number of ether oxygens (including phenoxy) is 1. The number of hydrogen-bond acceptors (Lipinski definition) is 4. The molecule has 0 atom stereocenters. The smallest absolute Gasteiger partial charge is 0.338 e. The zero-order valence-corrected chi connectivity index (χ0v) is 16.8. The van der Waals surface area contributed by atoms with Gasteiger partial charge in [-0.25, -0.2) is 9.59 Å². The first-order chi connectivity index (χ1) is 14.3. The van der Waals surface area contributed by atoms with Gasteiger partial charge in [0.1, 0.15) is 0 Å². The molecule has 7 nitrogen and oxygen atoms in total. The van der Waals surface area contributed by atoms with Gasteiger partial charge in [-0.2, -0.15) is 0 Å². The fourth-order valence-electron chi connectivity index (χ4n) is 3.22. The molecule has 0 aliphatic carbocycles. The molecule has 0 aliphatic rings. The summed E-state index contributed by atoms with van der Waals surface area (Å²) in [5.74, 6) is -0.880. The normalized spacial score (nSPS) is 10.5. The molecule has 2 amide bonds. The summed E-state index contributed by atoms with van der Waals surface area (Å²) >= 11 is 0. The van der Waals surface area contributed by atoms with Crippen LogP contribution >= 0.6 is 0 Å². The van der Waals surface area contributed by atoms with E-state index in [0.29, 0.717) is 17.8 Å². The maximum absolute atomic E-state index is 12.6. The second-order valence-electron chi connectivity index (χ2n) is 6.92. The number of Topliss-reactive ketones (excluding diaryl/α,β-unsaturated/α-hetero) is 1. The van der Waals surface area contributed by atoms with Crippen molar-refractivity contribution in [3.8, 4) is 0 Å². The van der Waals surface area contributed by atoms with Gasteiger partial charge in [0, 0.05) is 29.2 Å². The summed E-state index contributed by atoms with van der Waals surface area (Å²) in [4.78, 5) is 35.7. The molecular weight excluding hydrogens is 382 g/mol. The van der Waals surface area contributed by atoms with Gasteiger partial charge < -0.3 is 20.4 Å². The number of carbonyl (C=O) groups is 3. The van der Waals surface area contributed by atoms with E-state index in [4.69, 9.17) is 10.5 Å². The van der Waals surface area contributed by atoms with Crippen LogP contribution in [0.2, 0.25) is 0 Å². The minimum atomic E-state index is -0.694. The number of primary amides is 1. The Morgan fingerprint density at radius 3 is 2.30 bits per heavy atom. The van der Waals surface area contributed by atoms with Crippen LogP contribution < -0.4 is 11.1 Å². The van der Waals surface area contributed by atoms with Crippen molar-refractivity contribution in [2.75, 3.05) is 11.9 Å². The molecule has 30 heavy (non-hydrogen) atoms. The molecule has 1 aromatic heterocycles. The Morgan fingerprint density at radius 2 is 1.67 bits per heavy atom. The molecule has 2 aromatic carbocycles. The Labute approximate surface area is 174 Å². The summed E-state index contributed by atoms with van der Waals surface area (Å²) < 4.78 is 7.24. The number of nitrogens with one attached hydrogen (secondary N) is 1. The van der Waals surface area contributed by atoms with Crippen molar-refractivity contribution >= 4 is 23.5 Å². The van der Waals surface area contributed by atoms with Crippen LogP contribution in [0.4, 0.5) is 10.5 Å². The number of hydrogen-bond donors (Lipinski definition) is 2. The third kappa shape index (κ3) is 4.94. The number of amides is 2. The molecular formula is C23H23N3O4. The minimum Gasteiger partial charge on any atom is -0.454 e. The van der Waals surface area contributed by atoms with Gasteiger partial charge in [0.2, 0.25) is 5.78 Å². The van der Waals surface area contributed by atoms with Crippen molar-refractivity contribution < 1.29 is 19.1 Å². The van der Waals surface area contributed by atoms with Gasteiger partial charge in [-0.3, -0.25) is 4.79 Å². The third-order valence-corrected chi connectivity index (χ3v) is 4.78. The molecule has 3 rings (SSSR count). The van der Waals surface area contributed by atoms with E-state index in [-0.39, 0.29) is 18.0 Å². The predicted octanol–water partition coefficient (Wildman–Crippen LogP) is 3.68. The van der Waals surface area contributed by atoms with Crippen molar-refractivity contribution in [3.63, 3.8) is 0 Å². The summed E-state index contributed by atoms with van der Waals surface area (Å²) in [5.41, 5.74) is 9.25. The molecule has 0 fully saturated rings. The van der Waals surface area contributed by atoms with Crippen LogP contribution in [0.15, 0.2) is 60.7 Å². The number of esters is 1. The standard InChI is InChI=1S/C23H23N3O4/c1-15-12-20(16(2)26(15)13-17-6-4-3-5-7-17)21(27)14-30-22(28)18-8-10-19(11-9-18)25-23(24)29/h3-12H,13-14H2,1-2H3,(H3,24,25,29). The number of aromatic nitrogens is 1. The number of nitrogens with zero attached hydrogens (tertiary/aromatic N) is 1. The number of rotatable bonds is 7. The van der Waals surface area contributed by atoms with E-state index in [9.17, 15) is 14.4 Å². The van der Waals surface area contributed by atoms with Gasteiger partial charge in [0.05, 0.1) is 5.56 Å². The number of urea groups is 1. The summed E-state index contributed by atoms with van der Waals surface area (Å²) in [7, 11) is 0. The fourth-order valence-corrected chi connectivity index (χ4v) is 3.22. The van der Waals surface area contributed by atoms with Crippen molar-refractivity contribution in [2.24, 2.45) is 5.73 Å². The second-order valence-corrected chi connectivity index (χ2v) is 6.92. The van der Waals surface area contributed by atoms with Crippen LogP contribution in [0.5, 0.6) is 0 Å². The SMILES string of the molecule is Cc1cc(C(=O)COC(=O)c2ccc(NC(N)=O)cc2)c(C)n1Cc1ccccc1. The van der Waals surface area contributed by atoms with Crippen molar-refractivity contribution in [1.29, 1.82) is 0 Å². The molecule has 0 unspecified atom stereocenters. The van der Waals surface area contributed by atoms with Gasteiger partial charge in [-0.1, -0.05) is 30.3 Å². The lowest BCUT2D eigenvalue weighted by molar-refractivity contribution is 0.0474. The van der Waals surface area contributed by atoms with Gasteiger partial charge in [0.25, 0.3) is 0 Å². The van der Waals surface area contributed by atoms with Gasteiger partial charge in [-0.15, -0.1) is 0 Å². The van der Waals surface area contributed by atoms with Gasteiger partial charge in [0.15, 0.2) is 6.61 Å².